The van der Waals surface area contributed by atoms with Crippen molar-refractivity contribution >= 4 is 38.9 Å². The largest absolute Gasteiger partial charge is 0.476 e. The smallest absolute Gasteiger partial charge is 0.356 e. The van der Waals surface area contributed by atoms with Gasteiger partial charge in [-0.25, -0.2) is 14.8 Å². The molecule has 0 bridgehead atoms. The molecule has 2 heterocycles. The molecule has 3 aromatic rings. The Morgan fingerprint density at radius 3 is 2.69 bits per heavy atom. The Morgan fingerprint density at radius 2 is 2.07 bits per heavy atom. The van der Waals surface area contributed by atoms with Gasteiger partial charge in [-0.15, -0.1) is 11.3 Å². The van der Waals surface area contributed by atoms with Crippen LogP contribution >= 0.6 is 22.7 Å². The molecule has 0 amide bonds. The number of hydrogen-bond donors (Lipinski definition) is 4. The van der Waals surface area contributed by atoms with Crippen LogP contribution in [0, 0.1) is 12.8 Å². The molecule has 1 saturated carbocycles. The zero-order valence-electron chi connectivity index (χ0n) is 16.2. The third-order valence-corrected chi connectivity index (χ3v) is 6.04. The number of anilines is 2. The fourth-order valence-electron chi connectivity index (χ4n) is 2.75. The van der Waals surface area contributed by atoms with Gasteiger partial charge in [0.25, 0.3) is 0 Å². The molecule has 1 aromatic carbocycles. The second-order valence-electron chi connectivity index (χ2n) is 6.98. The number of carboxylic acids is 1. The number of carbonyl (C=O) groups is 1. The zero-order chi connectivity index (χ0) is 20.8. The molecular formula is C20H25N5O2S2. The van der Waals surface area contributed by atoms with Gasteiger partial charge < -0.3 is 21.9 Å². The summed E-state index contributed by atoms with van der Waals surface area (Å²) in [5.74, 6) is -0.0926. The Balaban J connectivity index is 0.000000169. The van der Waals surface area contributed by atoms with Gasteiger partial charge >= 0.3 is 5.97 Å². The number of nitrogens with two attached hydrogens (primary N) is 2. The number of nitrogens with zero attached hydrogens (tertiary/aromatic N) is 2. The summed E-state index contributed by atoms with van der Waals surface area (Å²) >= 11 is 2.71. The Morgan fingerprint density at radius 1 is 1.28 bits per heavy atom. The van der Waals surface area contributed by atoms with Crippen molar-refractivity contribution < 1.29 is 9.90 Å². The van der Waals surface area contributed by atoms with Crippen molar-refractivity contribution in [3.8, 4) is 10.4 Å². The van der Waals surface area contributed by atoms with Crippen molar-refractivity contribution in [3.63, 3.8) is 0 Å². The number of nitrogens with one attached hydrogen (secondary N) is 1. The highest BCUT2D eigenvalue weighted by molar-refractivity contribution is 7.19. The van der Waals surface area contributed by atoms with Gasteiger partial charge in [0.1, 0.15) is 0 Å². The van der Waals surface area contributed by atoms with E-state index in [-0.39, 0.29) is 10.8 Å². The van der Waals surface area contributed by atoms with Crippen LogP contribution in [-0.4, -0.2) is 34.1 Å². The minimum absolute atomic E-state index is 0.0214. The van der Waals surface area contributed by atoms with Gasteiger partial charge in [-0.2, -0.15) is 0 Å². The number of thiazole rings is 2. The molecular weight excluding hydrogens is 406 g/mol. The van der Waals surface area contributed by atoms with Crippen molar-refractivity contribution in [3.05, 3.63) is 46.6 Å². The van der Waals surface area contributed by atoms with E-state index >= 15 is 0 Å². The molecule has 2 aromatic heterocycles. The maximum atomic E-state index is 11.0. The number of rotatable bonds is 7. The minimum Gasteiger partial charge on any atom is -0.476 e. The fraction of sp³-hybridized carbons (Fsp3) is 0.350. The maximum absolute atomic E-state index is 11.0. The molecule has 1 aliphatic carbocycles. The average Bonchev–Trinajstić information content (AvgIpc) is 3.28. The molecule has 0 spiro atoms. The van der Waals surface area contributed by atoms with Gasteiger partial charge in [0.05, 0.1) is 10.6 Å². The predicted molar refractivity (Wildman–Crippen MR) is 119 cm³/mol. The molecule has 4 rings (SSSR count). The van der Waals surface area contributed by atoms with Crippen LogP contribution in [0.5, 0.6) is 0 Å². The molecule has 1 fully saturated rings. The van der Waals surface area contributed by atoms with E-state index < -0.39 is 5.97 Å². The van der Waals surface area contributed by atoms with Crippen molar-refractivity contribution in [2.45, 2.75) is 26.2 Å². The van der Waals surface area contributed by atoms with Crippen molar-refractivity contribution in [2.24, 2.45) is 5.92 Å². The van der Waals surface area contributed by atoms with Crippen LogP contribution in [0.15, 0.2) is 29.6 Å². The van der Waals surface area contributed by atoms with Crippen molar-refractivity contribution in [1.29, 1.82) is 0 Å². The first-order valence-electron chi connectivity index (χ1n) is 9.39. The van der Waals surface area contributed by atoms with Crippen LogP contribution in [0.25, 0.3) is 10.4 Å². The number of carboxylic acid groups (broad SMARTS) is 1. The summed E-state index contributed by atoms with van der Waals surface area (Å²) in [6.45, 7) is 4.16. The lowest BCUT2D eigenvalue weighted by molar-refractivity contribution is 0.0692. The first kappa shape index (κ1) is 21.2. The summed E-state index contributed by atoms with van der Waals surface area (Å²) in [6.07, 6.45) is 3.83. The maximum Gasteiger partial charge on any atom is 0.356 e. The molecule has 0 atom stereocenters. The van der Waals surface area contributed by atoms with Crippen LogP contribution in [-0.2, 0) is 6.42 Å². The normalized spacial score (nSPS) is 13.0. The highest BCUT2D eigenvalue weighted by Crippen LogP contribution is 2.32. The molecule has 7 nitrogen and oxygen atoms in total. The fourth-order valence-corrected chi connectivity index (χ4v) is 4.16. The Labute approximate surface area is 177 Å². The van der Waals surface area contributed by atoms with Crippen molar-refractivity contribution in [2.75, 3.05) is 24.6 Å². The Bertz CT molecular complexity index is 965. The second-order valence-corrected chi connectivity index (χ2v) is 8.90. The molecule has 154 valence electrons. The van der Waals surface area contributed by atoms with Gasteiger partial charge in [-0.3, -0.25) is 0 Å². The summed E-state index contributed by atoms with van der Waals surface area (Å²) in [5.41, 5.74) is 14.1. The summed E-state index contributed by atoms with van der Waals surface area (Å²) in [4.78, 5) is 19.6. The number of hydrogen-bond acceptors (Lipinski definition) is 8. The highest BCUT2D eigenvalue weighted by Gasteiger charge is 2.20. The SMILES string of the molecule is Cc1cccc(-c2sc(N)nc2C(=O)O)c1.Nc1nc(CCNCC2CC2)cs1. The van der Waals surface area contributed by atoms with E-state index in [0.717, 1.165) is 35.7 Å². The summed E-state index contributed by atoms with van der Waals surface area (Å²) < 4.78 is 0. The molecule has 0 unspecified atom stereocenters. The highest BCUT2D eigenvalue weighted by atomic mass is 32.1. The van der Waals surface area contributed by atoms with E-state index in [1.165, 1.54) is 42.1 Å². The van der Waals surface area contributed by atoms with Gasteiger partial charge in [0, 0.05) is 18.3 Å². The monoisotopic (exact) mass is 431 g/mol. The topological polar surface area (TPSA) is 127 Å². The van der Waals surface area contributed by atoms with Crippen LogP contribution in [0.3, 0.4) is 0 Å². The van der Waals surface area contributed by atoms with E-state index in [1.54, 1.807) is 0 Å². The van der Waals surface area contributed by atoms with E-state index in [9.17, 15) is 4.79 Å². The standard InChI is InChI=1S/C11H10N2O2S.C9H15N3S/c1-6-3-2-4-7(5-6)9-8(10(14)15)13-11(12)16-9;10-9-12-8(6-13-9)3-4-11-5-7-1-2-7/h2-5H,1H3,(H2,12,13)(H,14,15);6-7,11H,1-5H2,(H2,10,12). The number of aromatic carboxylic acids is 1. The van der Waals surface area contributed by atoms with Crippen LogP contribution in [0.1, 0.15) is 34.6 Å². The lowest BCUT2D eigenvalue weighted by atomic mass is 10.1. The van der Waals surface area contributed by atoms with E-state index in [4.69, 9.17) is 16.6 Å². The Kier molecular flexibility index (Phi) is 7.18. The van der Waals surface area contributed by atoms with E-state index in [0.29, 0.717) is 10.0 Å². The minimum atomic E-state index is -1.05. The summed E-state index contributed by atoms with van der Waals surface area (Å²) in [7, 11) is 0. The average molecular weight is 432 g/mol. The van der Waals surface area contributed by atoms with Crippen molar-refractivity contribution in [1.82, 2.24) is 15.3 Å². The van der Waals surface area contributed by atoms with Crippen LogP contribution in [0.4, 0.5) is 10.3 Å². The quantitative estimate of drug-likeness (QED) is 0.420. The third kappa shape index (κ3) is 6.52. The Hall–Kier alpha value is -2.49. The van der Waals surface area contributed by atoms with Gasteiger partial charge in [0.15, 0.2) is 16.0 Å². The number of aromatic nitrogens is 2. The van der Waals surface area contributed by atoms with Crippen LogP contribution in [0.2, 0.25) is 0 Å². The first-order valence-corrected chi connectivity index (χ1v) is 11.1. The molecule has 6 N–H and O–H groups in total. The van der Waals surface area contributed by atoms with Gasteiger partial charge in [-0.1, -0.05) is 41.2 Å². The molecule has 1 aliphatic rings. The zero-order valence-corrected chi connectivity index (χ0v) is 17.9. The molecule has 9 heteroatoms. The van der Waals surface area contributed by atoms with Gasteiger partial charge in [-0.05, 0) is 37.8 Å². The molecule has 29 heavy (non-hydrogen) atoms. The lowest BCUT2D eigenvalue weighted by Gasteiger charge is -2.00. The third-order valence-electron chi connectivity index (χ3n) is 4.38. The predicted octanol–water partition coefficient (Wildman–Crippen LogP) is 3.67. The number of aryl methyl sites for hydroxylation is 1. The second kappa shape index (κ2) is 9.82. The number of benzene rings is 1. The first-order chi connectivity index (χ1) is 13.9. The number of nitrogen functional groups attached to an aromatic ring is 2. The lowest BCUT2D eigenvalue weighted by Crippen LogP contribution is -2.19. The molecule has 0 aliphatic heterocycles. The van der Waals surface area contributed by atoms with Gasteiger partial charge in [0.2, 0.25) is 0 Å². The summed E-state index contributed by atoms with van der Waals surface area (Å²) in [5, 5.41) is 15.4. The molecule has 0 radical (unpaired) electrons. The van der Waals surface area contributed by atoms with E-state index in [1.807, 2.05) is 36.6 Å². The van der Waals surface area contributed by atoms with Crippen LogP contribution < -0.4 is 16.8 Å². The summed E-state index contributed by atoms with van der Waals surface area (Å²) in [6, 6.07) is 7.60. The van der Waals surface area contributed by atoms with E-state index in [2.05, 4.69) is 15.3 Å². The molecule has 0 saturated heterocycles.